The molecule has 0 aliphatic heterocycles. The molecule has 0 bridgehead atoms. The summed E-state index contributed by atoms with van der Waals surface area (Å²) in [5.74, 6) is 0.240. The Morgan fingerprint density at radius 1 is 0.939 bits per heavy atom. The lowest BCUT2D eigenvalue weighted by Gasteiger charge is -2.06. The van der Waals surface area contributed by atoms with Crippen molar-refractivity contribution in [1.29, 1.82) is 0 Å². The predicted molar refractivity (Wildman–Crippen MR) is 123 cm³/mol. The van der Waals surface area contributed by atoms with E-state index in [1.165, 1.54) is 16.8 Å². The van der Waals surface area contributed by atoms with E-state index in [2.05, 4.69) is 25.4 Å². The molecular weight excluding hydrogens is 419 g/mol. The lowest BCUT2D eigenvalue weighted by atomic mass is 10.0. The number of aromatic nitrogens is 5. The Labute approximate surface area is 190 Å². The Bertz CT molecular complexity index is 1330. The minimum Gasteiger partial charge on any atom is -0.493 e. The fraction of sp³-hybridized carbons (Fsp3) is 0.160. The number of pyridine rings is 1. The Morgan fingerprint density at radius 3 is 2.58 bits per heavy atom. The summed E-state index contributed by atoms with van der Waals surface area (Å²) < 4.78 is 14.7. The molecular formula is C25H23FN6O. The Kier molecular flexibility index (Phi) is 5.82. The minimum atomic E-state index is -0.264. The van der Waals surface area contributed by atoms with Crippen molar-refractivity contribution >= 4 is 11.0 Å². The number of halogens is 1. The number of hydrogen-bond acceptors (Lipinski definition) is 5. The molecule has 0 fully saturated rings. The monoisotopic (exact) mass is 442 g/mol. The number of nitrogens with zero attached hydrogens (tertiary/aromatic N) is 4. The lowest BCUT2D eigenvalue weighted by molar-refractivity contribution is 0.425. The van der Waals surface area contributed by atoms with E-state index in [9.17, 15) is 9.50 Å². The first-order valence-corrected chi connectivity index (χ1v) is 10.8. The van der Waals surface area contributed by atoms with Crippen LogP contribution in [-0.4, -0.2) is 29.8 Å². The average molecular weight is 442 g/mol. The molecule has 5 aromatic rings. The van der Waals surface area contributed by atoms with Gasteiger partial charge in [0.2, 0.25) is 11.8 Å². The zero-order chi connectivity index (χ0) is 22.6. The van der Waals surface area contributed by atoms with Gasteiger partial charge in [0.15, 0.2) is 0 Å². The number of rotatable bonds is 8. The molecule has 0 atom stereocenters. The molecule has 8 heteroatoms. The number of benzene rings is 2. The Hall–Kier alpha value is -4.04. The van der Waals surface area contributed by atoms with Crippen LogP contribution >= 0.6 is 0 Å². The highest BCUT2D eigenvalue weighted by molar-refractivity contribution is 5.76. The Balaban J connectivity index is 1.42. The molecule has 0 unspecified atom stereocenters. The van der Waals surface area contributed by atoms with Gasteiger partial charge in [-0.1, -0.05) is 30.3 Å². The zero-order valence-corrected chi connectivity index (χ0v) is 17.9. The summed E-state index contributed by atoms with van der Waals surface area (Å²) in [6.07, 6.45) is 4.76. The van der Waals surface area contributed by atoms with Gasteiger partial charge in [0.25, 0.3) is 0 Å². The van der Waals surface area contributed by atoms with Gasteiger partial charge in [0, 0.05) is 31.0 Å². The Morgan fingerprint density at radius 2 is 1.79 bits per heavy atom. The molecule has 3 aromatic heterocycles. The van der Waals surface area contributed by atoms with Gasteiger partial charge >= 0.3 is 0 Å². The van der Waals surface area contributed by atoms with Crippen LogP contribution in [0.2, 0.25) is 0 Å². The number of aromatic hydroxyl groups is 1. The molecule has 166 valence electrons. The van der Waals surface area contributed by atoms with Crippen LogP contribution in [-0.2, 0) is 25.9 Å². The largest absolute Gasteiger partial charge is 0.493 e. The third-order valence-corrected chi connectivity index (χ3v) is 5.54. The van der Waals surface area contributed by atoms with Crippen LogP contribution in [0.4, 0.5) is 4.39 Å². The third-order valence-electron chi connectivity index (χ3n) is 5.54. The van der Waals surface area contributed by atoms with Crippen LogP contribution < -0.4 is 5.32 Å². The maximum absolute atomic E-state index is 13.3. The maximum Gasteiger partial charge on any atom is 0.232 e. The van der Waals surface area contributed by atoms with Crippen LogP contribution in [0.25, 0.3) is 17.0 Å². The van der Waals surface area contributed by atoms with Crippen molar-refractivity contribution < 1.29 is 9.50 Å². The van der Waals surface area contributed by atoms with Crippen molar-refractivity contribution in [1.82, 2.24) is 30.0 Å². The van der Waals surface area contributed by atoms with Crippen molar-refractivity contribution in [3.63, 3.8) is 0 Å². The van der Waals surface area contributed by atoms with Gasteiger partial charge in [0.1, 0.15) is 5.82 Å². The number of fused-ring (bicyclic) bond motifs is 1. The topological polar surface area (TPSA) is 91.7 Å². The molecule has 0 amide bonds. The SMILES string of the molecule is Oc1c(CCc2ccc(F)cc2)c(CNCc2cccnc2)nn1-c1nc2ccccc2[nH]1. The van der Waals surface area contributed by atoms with E-state index in [1.807, 2.05) is 42.6 Å². The molecule has 0 spiro atoms. The second-order valence-corrected chi connectivity index (χ2v) is 7.83. The normalized spacial score (nSPS) is 11.3. The number of nitrogens with one attached hydrogen (secondary N) is 2. The highest BCUT2D eigenvalue weighted by Gasteiger charge is 2.20. The molecule has 0 saturated heterocycles. The maximum atomic E-state index is 13.3. The summed E-state index contributed by atoms with van der Waals surface area (Å²) in [5, 5.41) is 19.1. The first-order valence-electron chi connectivity index (χ1n) is 10.8. The fourth-order valence-electron chi connectivity index (χ4n) is 3.82. The van der Waals surface area contributed by atoms with Crippen molar-refractivity contribution in [2.24, 2.45) is 0 Å². The summed E-state index contributed by atoms with van der Waals surface area (Å²) in [6.45, 7) is 1.10. The highest BCUT2D eigenvalue weighted by atomic mass is 19.1. The predicted octanol–water partition coefficient (Wildman–Crippen LogP) is 4.06. The molecule has 0 radical (unpaired) electrons. The summed E-state index contributed by atoms with van der Waals surface area (Å²) >= 11 is 0. The quantitative estimate of drug-likeness (QED) is 0.337. The zero-order valence-electron chi connectivity index (χ0n) is 17.9. The van der Waals surface area contributed by atoms with Gasteiger partial charge in [0.05, 0.1) is 16.7 Å². The lowest BCUT2D eigenvalue weighted by Crippen LogP contribution is -2.14. The van der Waals surface area contributed by atoms with E-state index >= 15 is 0 Å². The molecule has 7 nitrogen and oxygen atoms in total. The summed E-state index contributed by atoms with van der Waals surface area (Å²) in [6, 6.07) is 18.0. The third kappa shape index (κ3) is 4.61. The number of aryl methyl sites for hydroxylation is 1. The summed E-state index contributed by atoms with van der Waals surface area (Å²) in [7, 11) is 0. The fourth-order valence-corrected chi connectivity index (χ4v) is 3.82. The number of H-pyrrole nitrogens is 1. The standard InChI is InChI=1S/C25H23FN6O/c26-19-10-7-17(8-11-19)9-12-20-23(16-28-15-18-4-3-13-27-14-18)31-32(24(20)33)25-29-21-5-1-2-6-22(21)30-25/h1-8,10-11,13-14,28,33H,9,12,15-16H2,(H,29,30). The number of hydrogen-bond donors (Lipinski definition) is 3. The summed E-state index contributed by atoms with van der Waals surface area (Å²) in [5.41, 5.74) is 5.18. The van der Waals surface area contributed by atoms with Gasteiger partial charge < -0.3 is 15.4 Å². The molecule has 33 heavy (non-hydrogen) atoms. The van der Waals surface area contributed by atoms with Gasteiger partial charge in [-0.05, 0) is 54.3 Å². The van der Waals surface area contributed by atoms with E-state index in [0.29, 0.717) is 31.9 Å². The van der Waals surface area contributed by atoms with Crippen LogP contribution in [0.15, 0.2) is 73.1 Å². The summed E-state index contributed by atoms with van der Waals surface area (Å²) in [4.78, 5) is 11.9. The number of para-hydroxylation sites is 2. The van der Waals surface area contributed by atoms with E-state index in [1.54, 1.807) is 18.3 Å². The average Bonchev–Trinajstić information content (AvgIpc) is 3.40. The van der Waals surface area contributed by atoms with E-state index in [0.717, 1.165) is 33.4 Å². The molecule has 3 heterocycles. The second kappa shape index (κ2) is 9.22. The van der Waals surface area contributed by atoms with Crippen molar-refractivity contribution in [2.75, 3.05) is 0 Å². The van der Waals surface area contributed by atoms with Crippen molar-refractivity contribution in [3.8, 4) is 11.8 Å². The minimum absolute atomic E-state index is 0.0503. The van der Waals surface area contributed by atoms with E-state index in [4.69, 9.17) is 0 Å². The van der Waals surface area contributed by atoms with E-state index in [-0.39, 0.29) is 11.7 Å². The van der Waals surface area contributed by atoms with Gasteiger partial charge in [-0.15, -0.1) is 0 Å². The molecule has 5 rings (SSSR count). The first kappa shape index (κ1) is 20.8. The van der Waals surface area contributed by atoms with Crippen LogP contribution in [0, 0.1) is 5.82 Å². The molecule has 3 N–H and O–H groups in total. The molecule has 0 saturated carbocycles. The van der Waals surface area contributed by atoms with Crippen molar-refractivity contribution in [3.05, 3.63) is 101 Å². The van der Waals surface area contributed by atoms with Crippen LogP contribution in [0.1, 0.15) is 22.4 Å². The van der Waals surface area contributed by atoms with Crippen molar-refractivity contribution in [2.45, 2.75) is 25.9 Å². The van der Waals surface area contributed by atoms with Crippen LogP contribution in [0.5, 0.6) is 5.88 Å². The smallest absolute Gasteiger partial charge is 0.232 e. The molecule has 0 aliphatic rings. The second-order valence-electron chi connectivity index (χ2n) is 7.83. The van der Waals surface area contributed by atoms with Gasteiger partial charge in [-0.3, -0.25) is 4.98 Å². The highest BCUT2D eigenvalue weighted by Crippen LogP contribution is 2.27. The first-order chi connectivity index (χ1) is 16.2. The van der Waals surface area contributed by atoms with Crippen LogP contribution in [0.3, 0.4) is 0 Å². The van der Waals surface area contributed by atoms with Gasteiger partial charge in [-0.25, -0.2) is 9.37 Å². The molecule has 2 aromatic carbocycles. The molecule has 0 aliphatic carbocycles. The van der Waals surface area contributed by atoms with E-state index < -0.39 is 0 Å². The number of aromatic amines is 1. The number of imidazole rings is 1. The van der Waals surface area contributed by atoms with Gasteiger partial charge in [-0.2, -0.15) is 9.78 Å².